The van der Waals surface area contributed by atoms with E-state index >= 15 is 0 Å². The number of ether oxygens (including phenoxy) is 1. The highest BCUT2D eigenvalue weighted by atomic mass is 16.5. The fourth-order valence-electron chi connectivity index (χ4n) is 3.91. The molecule has 25 heavy (non-hydrogen) atoms. The molecule has 3 aromatic rings. The lowest BCUT2D eigenvalue weighted by atomic mass is 9.95. The van der Waals surface area contributed by atoms with Gasteiger partial charge in [0, 0.05) is 22.8 Å². The predicted octanol–water partition coefficient (Wildman–Crippen LogP) is 3.91. The molecule has 0 aliphatic heterocycles. The highest BCUT2D eigenvalue weighted by molar-refractivity contribution is 6.07. The molecule has 0 saturated heterocycles. The van der Waals surface area contributed by atoms with E-state index in [1.54, 1.807) is 7.11 Å². The number of benzene rings is 2. The van der Waals surface area contributed by atoms with Crippen molar-refractivity contribution in [3.05, 3.63) is 36.4 Å². The van der Waals surface area contributed by atoms with E-state index in [0.717, 1.165) is 41.2 Å². The van der Waals surface area contributed by atoms with Gasteiger partial charge in [0.05, 0.1) is 12.8 Å². The quantitative estimate of drug-likeness (QED) is 0.756. The van der Waals surface area contributed by atoms with Crippen molar-refractivity contribution in [1.29, 1.82) is 0 Å². The van der Waals surface area contributed by atoms with E-state index in [1.165, 1.54) is 0 Å². The first kappa shape index (κ1) is 16.0. The molecule has 0 radical (unpaired) electrons. The Morgan fingerprint density at radius 1 is 1.24 bits per heavy atom. The van der Waals surface area contributed by atoms with Gasteiger partial charge in [-0.3, -0.25) is 4.79 Å². The Labute approximate surface area is 146 Å². The summed E-state index contributed by atoms with van der Waals surface area (Å²) in [5.74, 6) is 0.887. The Morgan fingerprint density at radius 3 is 2.88 bits per heavy atom. The number of rotatable bonds is 4. The first-order valence-corrected chi connectivity index (χ1v) is 8.71. The maximum Gasteiger partial charge on any atom is 0.227 e. The molecule has 2 aromatic carbocycles. The lowest BCUT2D eigenvalue weighted by Gasteiger charge is -2.18. The van der Waals surface area contributed by atoms with Gasteiger partial charge in [0.1, 0.15) is 16.9 Å². The van der Waals surface area contributed by atoms with Crippen LogP contribution in [0.25, 0.3) is 21.9 Å². The lowest BCUT2D eigenvalue weighted by molar-refractivity contribution is -0.120. The molecule has 5 heteroatoms. The van der Waals surface area contributed by atoms with E-state index < -0.39 is 0 Å². The molecule has 1 aromatic heterocycles. The minimum absolute atomic E-state index is 0.0155. The summed E-state index contributed by atoms with van der Waals surface area (Å²) in [5.41, 5.74) is 8.01. The molecule has 5 nitrogen and oxygen atoms in total. The van der Waals surface area contributed by atoms with Crippen molar-refractivity contribution < 1.29 is 13.9 Å². The zero-order valence-corrected chi connectivity index (χ0v) is 14.2. The first-order chi connectivity index (χ1) is 12.2. The predicted molar refractivity (Wildman–Crippen MR) is 98.8 cm³/mol. The van der Waals surface area contributed by atoms with Gasteiger partial charge >= 0.3 is 0 Å². The molecule has 1 aliphatic carbocycles. The van der Waals surface area contributed by atoms with Crippen molar-refractivity contribution in [3.63, 3.8) is 0 Å². The second kappa shape index (κ2) is 6.41. The second-order valence-corrected chi connectivity index (χ2v) is 6.67. The van der Waals surface area contributed by atoms with Crippen molar-refractivity contribution in [2.45, 2.75) is 19.3 Å². The Hall–Kier alpha value is -2.53. The summed E-state index contributed by atoms with van der Waals surface area (Å²) in [5, 5.41) is 5.04. The van der Waals surface area contributed by atoms with Gasteiger partial charge < -0.3 is 20.2 Å². The van der Waals surface area contributed by atoms with E-state index in [0.29, 0.717) is 18.0 Å². The number of carbonyl (C=O) groups is 1. The van der Waals surface area contributed by atoms with Crippen LogP contribution in [0.3, 0.4) is 0 Å². The maximum atomic E-state index is 12.7. The van der Waals surface area contributed by atoms with Gasteiger partial charge in [-0.15, -0.1) is 0 Å². The maximum absolute atomic E-state index is 12.7. The fraction of sp³-hybridized carbons (Fsp3) is 0.350. The number of fused-ring (bicyclic) bond motifs is 3. The average Bonchev–Trinajstić information content (AvgIpc) is 3.24. The molecule has 3 N–H and O–H groups in total. The summed E-state index contributed by atoms with van der Waals surface area (Å²) in [6, 6.07) is 11.6. The summed E-state index contributed by atoms with van der Waals surface area (Å²) in [4.78, 5) is 12.7. The third-order valence-electron chi connectivity index (χ3n) is 5.26. The highest BCUT2D eigenvalue weighted by Crippen LogP contribution is 2.38. The van der Waals surface area contributed by atoms with E-state index in [2.05, 4.69) is 5.32 Å². The van der Waals surface area contributed by atoms with Crippen LogP contribution in [0.4, 0.5) is 5.69 Å². The molecular formula is C20H22N2O3. The van der Waals surface area contributed by atoms with E-state index in [-0.39, 0.29) is 17.7 Å². The van der Waals surface area contributed by atoms with Crippen LogP contribution in [-0.2, 0) is 4.79 Å². The third kappa shape index (κ3) is 2.74. The summed E-state index contributed by atoms with van der Waals surface area (Å²) >= 11 is 0. The molecule has 0 bridgehead atoms. The number of methoxy groups -OCH3 is 1. The van der Waals surface area contributed by atoms with Crippen LogP contribution in [0.1, 0.15) is 19.3 Å². The standard InChI is InChI=1S/C20H22N2O3/c1-24-19-9-15-14-6-2-3-8-17(14)25-18(15)10-16(19)22-20(23)13-7-4-5-12(13)11-21/h2-3,6,8-10,12-13H,4-5,7,11,21H2,1H3,(H,22,23)/t12-,13-/m1/s1. The average molecular weight is 338 g/mol. The van der Waals surface area contributed by atoms with E-state index in [1.807, 2.05) is 36.4 Å². The van der Waals surface area contributed by atoms with Gasteiger partial charge in [-0.05, 0) is 37.4 Å². The number of hydrogen-bond acceptors (Lipinski definition) is 4. The second-order valence-electron chi connectivity index (χ2n) is 6.67. The Morgan fingerprint density at radius 2 is 2.08 bits per heavy atom. The number of hydrogen-bond donors (Lipinski definition) is 2. The van der Waals surface area contributed by atoms with Gasteiger partial charge in [-0.2, -0.15) is 0 Å². The van der Waals surface area contributed by atoms with Crippen LogP contribution in [0.2, 0.25) is 0 Å². The van der Waals surface area contributed by atoms with Crippen molar-refractivity contribution in [3.8, 4) is 5.75 Å². The molecule has 0 unspecified atom stereocenters. The zero-order chi connectivity index (χ0) is 17.4. The highest BCUT2D eigenvalue weighted by Gasteiger charge is 2.32. The van der Waals surface area contributed by atoms with Gasteiger partial charge in [0.2, 0.25) is 5.91 Å². The van der Waals surface area contributed by atoms with Gasteiger partial charge in [0.15, 0.2) is 0 Å². The first-order valence-electron chi connectivity index (χ1n) is 8.71. The summed E-state index contributed by atoms with van der Waals surface area (Å²) < 4.78 is 11.4. The Balaban J connectivity index is 1.71. The number of anilines is 1. The number of nitrogens with two attached hydrogens (primary N) is 1. The Bertz CT molecular complexity index is 931. The van der Waals surface area contributed by atoms with E-state index in [9.17, 15) is 4.79 Å². The van der Waals surface area contributed by atoms with Crippen molar-refractivity contribution in [2.75, 3.05) is 19.0 Å². The van der Waals surface area contributed by atoms with Crippen LogP contribution >= 0.6 is 0 Å². The van der Waals surface area contributed by atoms with Crippen molar-refractivity contribution >= 4 is 33.5 Å². The largest absolute Gasteiger partial charge is 0.495 e. The number of carbonyl (C=O) groups excluding carboxylic acids is 1. The molecule has 0 spiro atoms. The zero-order valence-electron chi connectivity index (χ0n) is 14.2. The van der Waals surface area contributed by atoms with Crippen LogP contribution in [0, 0.1) is 11.8 Å². The van der Waals surface area contributed by atoms with E-state index in [4.69, 9.17) is 14.9 Å². The molecule has 4 rings (SSSR count). The smallest absolute Gasteiger partial charge is 0.227 e. The van der Waals surface area contributed by atoms with Gasteiger partial charge in [-0.25, -0.2) is 0 Å². The minimum Gasteiger partial charge on any atom is -0.495 e. The monoisotopic (exact) mass is 338 g/mol. The van der Waals surface area contributed by atoms with Crippen LogP contribution in [0.5, 0.6) is 5.75 Å². The number of para-hydroxylation sites is 1. The molecular weight excluding hydrogens is 316 g/mol. The molecule has 1 heterocycles. The van der Waals surface area contributed by atoms with Crippen LogP contribution in [-0.4, -0.2) is 19.6 Å². The number of amides is 1. The van der Waals surface area contributed by atoms with Gasteiger partial charge in [0.25, 0.3) is 0 Å². The molecule has 1 aliphatic rings. The molecule has 1 fully saturated rings. The minimum atomic E-state index is -0.0268. The topological polar surface area (TPSA) is 77.5 Å². The summed E-state index contributed by atoms with van der Waals surface area (Å²) in [6.45, 7) is 0.553. The lowest BCUT2D eigenvalue weighted by Crippen LogP contribution is -2.29. The molecule has 2 atom stereocenters. The van der Waals surface area contributed by atoms with Crippen molar-refractivity contribution in [2.24, 2.45) is 17.6 Å². The molecule has 130 valence electrons. The van der Waals surface area contributed by atoms with Crippen LogP contribution < -0.4 is 15.8 Å². The summed E-state index contributed by atoms with van der Waals surface area (Å²) in [7, 11) is 1.61. The molecule has 1 amide bonds. The normalized spacial score (nSPS) is 20.2. The van der Waals surface area contributed by atoms with Crippen molar-refractivity contribution in [1.82, 2.24) is 0 Å². The van der Waals surface area contributed by atoms with Crippen LogP contribution in [0.15, 0.2) is 40.8 Å². The third-order valence-corrected chi connectivity index (χ3v) is 5.26. The SMILES string of the molecule is COc1cc2c(cc1NC(=O)[C@@H]1CCC[C@@H]1CN)oc1ccccc12. The number of nitrogens with one attached hydrogen (secondary N) is 1. The molecule has 1 saturated carbocycles. The summed E-state index contributed by atoms with van der Waals surface area (Å²) in [6.07, 6.45) is 2.97. The van der Waals surface area contributed by atoms with Gasteiger partial charge in [-0.1, -0.05) is 24.6 Å². The number of furan rings is 1. The fourth-order valence-corrected chi connectivity index (χ4v) is 3.91. The Kier molecular flexibility index (Phi) is 4.09.